The van der Waals surface area contributed by atoms with Gasteiger partial charge in [-0.15, -0.1) is 16.4 Å². The van der Waals surface area contributed by atoms with E-state index in [4.69, 9.17) is 14.1 Å². The van der Waals surface area contributed by atoms with Crippen LogP contribution in [0.2, 0.25) is 0 Å². The molecule has 0 radical (unpaired) electrons. The van der Waals surface area contributed by atoms with E-state index in [1.165, 1.54) is 16.0 Å². The maximum Gasteiger partial charge on any atom is 0.217 e. The lowest BCUT2D eigenvalue weighted by atomic mass is 10.1. The molecular weight excluding hydrogens is 422 g/mol. The summed E-state index contributed by atoms with van der Waals surface area (Å²) in [6.45, 7) is 4.51. The number of rotatable bonds is 5. The number of hydrogen-bond donors (Lipinski definition) is 0. The average Bonchev–Trinajstić information content (AvgIpc) is 3.53. The number of fused-ring (bicyclic) bond motifs is 5. The third kappa shape index (κ3) is 3.36. The zero-order valence-electron chi connectivity index (χ0n) is 18.0. The molecule has 1 aromatic carbocycles. The number of aryl methyl sites for hydroxylation is 1. The highest BCUT2D eigenvalue weighted by molar-refractivity contribution is 7.19. The van der Waals surface area contributed by atoms with Crippen LogP contribution >= 0.6 is 11.3 Å². The molecule has 5 aromatic rings. The Hall–Kier alpha value is -3.23. The molecule has 0 aliphatic carbocycles. The number of likely N-dealkylation sites (N-methyl/N-ethyl adjacent to an activating group) is 1. The van der Waals surface area contributed by atoms with E-state index >= 15 is 0 Å². The molecule has 0 unspecified atom stereocenters. The highest BCUT2D eigenvalue weighted by atomic mass is 32.1. The Bertz CT molecular complexity index is 1420. The fourth-order valence-electron chi connectivity index (χ4n) is 4.18. The lowest BCUT2D eigenvalue weighted by Crippen LogP contribution is -2.25. The van der Waals surface area contributed by atoms with Crippen LogP contribution in [0.4, 0.5) is 0 Å². The zero-order valence-corrected chi connectivity index (χ0v) is 18.9. The first-order chi connectivity index (χ1) is 15.7. The molecule has 7 nitrogen and oxygen atoms in total. The maximum absolute atomic E-state index is 6.00. The van der Waals surface area contributed by atoms with Gasteiger partial charge in [0.1, 0.15) is 29.3 Å². The predicted molar refractivity (Wildman–Crippen MR) is 124 cm³/mol. The SMILES string of the molecule is CCc1ccc(OCc2ccc(-c3nc4c5c6c(sc5ncn4n3)CN(C)CC6)o2)cc1. The molecule has 0 N–H and O–H groups in total. The van der Waals surface area contributed by atoms with Crippen molar-refractivity contribution in [1.29, 1.82) is 0 Å². The molecular formula is C24H23N5O2S. The number of aromatic nitrogens is 4. The smallest absolute Gasteiger partial charge is 0.217 e. The van der Waals surface area contributed by atoms with Crippen LogP contribution in [-0.4, -0.2) is 38.1 Å². The molecule has 1 aliphatic rings. The summed E-state index contributed by atoms with van der Waals surface area (Å²) in [6.07, 6.45) is 3.77. The van der Waals surface area contributed by atoms with Crippen LogP contribution in [0.25, 0.3) is 27.4 Å². The van der Waals surface area contributed by atoms with Crippen LogP contribution in [0.15, 0.2) is 47.1 Å². The highest BCUT2D eigenvalue weighted by Crippen LogP contribution is 2.36. The van der Waals surface area contributed by atoms with Crippen molar-refractivity contribution in [3.8, 4) is 17.3 Å². The molecule has 32 heavy (non-hydrogen) atoms. The second kappa shape index (κ2) is 7.72. The first-order valence-corrected chi connectivity index (χ1v) is 11.6. The number of ether oxygens (including phenoxy) is 1. The molecule has 0 saturated heterocycles. The van der Waals surface area contributed by atoms with Gasteiger partial charge in [-0.25, -0.2) is 14.5 Å². The van der Waals surface area contributed by atoms with Crippen molar-refractivity contribution in [2.75, 3.05) is 13.6 Å². The van der Waals surface area contributed by atoms with Crippen molar-refractivity contribution in [1.82, 2.24) is 24.5 Å². The second-order valence-corrected chi connectivity index (χ2v) is 9.26. The summed E-state index contributed by atoms with van der Waals surface area (Å²) < 4.78 is 13.6. The second-order valence-electron chi connectivity index (χ2n) is 8.17. The van der Waals surface area contributed by atoms with Crippen molar-refractivity contribution < 1.29 is 9.15 Å². The van der Waals surface area contributed by atoms with Gasteiger partial charge in [0, 0.05) is 18.0 Å². The summed E-state index contributed by atoms with van der Waals surface area (Å²) in [6, 6.07) is 12.0. The number of benzene rings is 1. The third-order valence-electron chi connectivity index (χ3n) is 5.96. The molecule has 0 bridgehead atoms. The Morgan fingerprint density at radius 2 is 2.03 bits per heavy atom. The van der Waals surface area contributed by atoms with Crippen molar-refractivity contribution in [2.45, 2.75) is 32.9 Å². The Labute approximate surface area is 189 Å². The predicted octanol–water partition coefficient (Wildman–Crippen LogP) is 4.73. The molecule has 6 rings (SSSR count). The van der Waals surface area contributed by atoms with Gasteiger partial charge in [0.15, 0.2) is 11.4 Å². The monoisotopic (exact) mass is 445 g/mol. The van der Waals surface area contributed by atoms with Crippen molar-refractivity contribution in [3.05, 3.63) is 64.5 Å². The topological polar surface area (TPSA) is 68.7 Å². The Morgan fingerprint density at radius 3 is 2.88 bits per heavy atom. The summed E-state index contributed by atoms with van der Waals surface area (Å²) in [4.78, 5) is 14.2. The summed E-state index contributed by atoms with van der Waals surface area (Å²) in [5, 5.41) is 5.76. The lowest BCUT2D eigenvalue weighted by molar-refractivity contribution is 0.271. The molecule has 0 fully saturated rings. The fraction of sp³-hybridized carbons (Fsp3) is 0.292. The third-order valence-corrected chi connectivity index (χ3v) is 7.09. The molecule has 1 aliphatic heterocycles. The van der Waals surface area contributed by atoms with Gasteiger partial charge in [-0.2, -0.15) is 0 Å². The average molecular weight is 446 g/mol. The van der Waals surface area contributed by atoms with Gasteiger partial charge in [-0.3, -0.25) is 0 Å². The van der Waals surface area contributed by atoms with Crippen LogP contribution in [0, 0.1) is 0 Å². The largest absolute Gasteiger partial charge is 0.486 e. The molecule has 5 heterocycles. The summed E-state index contributed by atoms with van der Waals surface area (Å²) in [5.74, 6) is 2.75. The van der Waals surface area contributed by atoms with Crippen LogP contribution in [0.3, 0.4) is 0 Å². The number of hydrogen-bond acceptors (Lipinski definition) is 7. The van der Waals surface area contributed by atoms with Crippen molar-refractivity contribution in [3.63, 3.8) is 0 Å². The van der Waals surface area contributed by atoms with E-state index < -0.39 is 0 Å². The van der Waals surface area contributed by atoms with E-state index in [0.717, 1.165) is 53.3 Å². The van der Waals surface area contributed by atoms with Crippen LogP contribution in [0.5, 0.6) is 5.75 Å². The summed E-state index contributed by atoms with van der Waals surface area (Å²) in [7, 11) is 2.16. The van der Waals surface area contributed by atoms with E-state index in [1.807, 2.05) is 24.3 Å². The standard InChI is InChI=1S/C24H23N5O2S/c1-3-15-4-6-16(7-5-15)30-13-17-8-9-19(31-17)22-26-23-21-18-10-11-28(2)12-20(18)32-24(21)25-14-29(23)27-22/h4-9,14H,3,10-13H2,1-2H3. The van der Waals surface area contributed by atoms with Crippen molar-refractivity contribution in [2.24, 2.45) is 0 Å². The molecule has 0 amide bonds. The summed E-state index contributed by atoms with van der Waals surface area (Å²) in [5.41, 5.74) is 3.50. The number of thiophene rings is 1. The number of nitrogens with zero attached hydrogens (tertiary/aromatic N) is 5. The zero-order chi connectivity index (χ0) is 21.7. The molecule has 0 spiro atoms. The van der Waals surface area contributed by atoms with Gasteiger partial charge in [-0.1, -0.05) is 19.1 Å². The van der Waals surface area contributed by atoms with E-state index in [0.29, 0.717) is 18.2 Å². The lowest BCUT2D eigenvalue weighted by Gasteiger charge is -2.21. The van der Waals surface area contributed by atoms with Gasteiger partial charge in [0.25, 0.3) is 0 Å². The van der Waals surface area contributed by atoms with Gasteiger partial charge >= 0.3 is 0 Å². The first kappa shape index (κ1) is 19.5. The quantitative estimate of drug-likeness (QED) is 0.390. The van der Waals surface area contributed by atoms with E-state index in [-0.39, 0.29) is 0 Å². The van der Waals surface area contributed by atoms with Gasteiger partial charge in [0.05, 0.1) is 5.39 Å². The van der Waals surface area contributed by atoms with Crippen LogP contribution in [-0.2, 0) is 26.0 Å². The van der Waals surface area contributed by atoms with Crippen molar-refractivity contribution >= 4 is 27.2 Å². The molecule has 0 saturated carbocycles. The van der Waals surface area contributed by atoms with Gasteiger partial charge in [0.2, 0.25) is 5.82 Å². The molecule has 0 atom stereocenters. The molecule has 4 aromatic heterocycles. The van der Waals surface area contributed by atoms with E-state index in [9.17, 15) is 0 Å². The molecule has 8 heteroatoms. The minimum Gasteiger partial charge on any atom is -0.486 e. The minimum atomic E-state index is 0.357. The van der Waals surface area contributed by atoms with E-state index in [1.54, 1.807) is 22.2 Å². The Kier molecular flexibility index (Phi) is 4.69. The highest BCUT2D eigenvalue weighted by Gasteiger charge is 2.23. The van der Waals surface area contributed by atoms with Crippen LogP contribution < -0.4 is 4.74 Å². The minimum absolute atomic E-state index is 0.357. The maximum atomic E-state index is 6.00. The van der Waals surface area contributed by atoms with Gasteiger partial charge < -0.3 is 14.1 Å². The van der Waals surface area contributed by atoms with E-state index in [2.05, 4.69) is 41.1 Å². The number of furan rings is 1. The Balaban J connectivity index is 1.28. The fourth-order valence-corrected chi connectivity index (χ4v) is 5.44. The van der Waals surface area contributed by atoms with Crippen LogP contribution in [0.1, 0.15) is 28.7 Å². The first-order valence-electron chi connectivity index (χ1n) is 10.8. The molecule has 162 valence electrons. The summed E-state index contributed by atoms with van der Waals surface area (Å²) >= 11 is 1.76. The van der Waals surface area contributed by atoms with Gasteiger partial charge in [-0.05, 0) is 55.3 Å². The Morgan fingerprint density at radius 1 is 1.16 bits per heavy atom. The normalized spacial score (nSPS) is 14.3.